The summed E-state index contributed by atoms with van der Waals surface area (Å²) in [7, 11) is 1.41. The average molecular weight is 245 g/mol. The summed E-state index contributed by atoms with van der Waals surface area (Å²) in [5.41, 5.74) is 0. The van der Waals surface area contributed by atoms with Crippen LogP contribution in [0.25, 0.3) is 0 Å². The summed E-state index contributed by atoms with van der Waals surface area (Å²) in [5.74, 6) is -1.60. The Morgan fingerprint density at radius 3 is 2.53 bits per heavy atom. The number of carbonyl (C=O) groups excluding carboxylic acids is 1. The number of amides is 1. The van der Waals surface area contributed by atoms with Gasteiger partial charge in [-0.15, -0.1) is 0 Å². The zero-order valence-electron chi connectivity index (χ0n) is 9.33. The van der Waals surface area contributed by atoms with Gasteiger partial charge in [0.1, 0.15) is 30.6 Å². The van der Waals surface area contributed by atoms with Crippen molar-refractivity contribution in [2.75, 3.05) is 26.9 Å². The molecule has 0 heterocycles. The number of ether oxygens (including phenoxy) is 2. The van der Waals surface area contributed by atoms with Gasteiger partial charge in [-0.05, 0) is 0 Å². The van der Waals surface area contributed by atoms with Gasteiger partial charge in [-0.2, -0.15) is 0 Å². The van der Waals surface area contributed by atoms with E-state index in [1.54, 1.807) is 0 Å². The van der Waals surface area contributed by atoms with Crippen molar-refractivity contribution in [3.63, 3.8) is 0 Å². The largest absolute Gasteiger partial charge is 0.492 e. The predicted octanol–water partition coefficient (Wildman–Crippen LogP) is 1.11. The number of rotatable bonds is 6. The zero-order valence-corrected chi connectivity index (χ0v) is 9.33. The van der Waals surface area contributed by atoms with E-state index in [1.807, 2.05) is 0 Å². The van der Waals surface area contributed by atoms with E-state index in [-0.39, 0.29) is 31.4 Å². The molecule has 0 saturated heterocycles. The van der Waals surface area contributed by atoms with Gasteiger partial charge >= 0.3 is 0 Å². The van der Waals surface area contributed by atoms with Gasteiger partial charge in [-0.25, -0.2) is 8.78 Å². The summed E-state index contributed by atoms with van der Waals surface area (Å²) in [4.78, 5) is 11.0. The molecule has 0 unspecified atom stereocenters. The van der Waals surface area contributed by atoms with Crippen molar-refractivity contribution in [1.82, 2.24) is 5.32 Å². The number of methoxy groups -OCH3 is 1. The Balaban J connectivity index is 2.28. The molecular weight excluding hydrogens is 232 g/mol. The highest BCUT2D eigenvalue weighted by atomic mass is 19.1. The standard InChI is InChI=1S/C11H13F2NO3/c1-16-7-11(15)14-2-3-17-10-5-8(12)4-9(13)6-10/h4-6H,2-3,7H2,1H3,(H,14,15). The van der Waals surface area contributed by atoms with Crippen molar-refractivity contribution < 1.29 is 23.0 Å². The molecule has 0 bridgehead atoms. The molecule has 0 spiro atoms. The first-order valence-electron chi connectivity index (χ1n) is 4.96. The molecule has 1 aromatic rings. The number of hydrogen-bond donors (Lipinski definition) is 1. The van der Waals surface area contributed by atoms with E-state index in [0.717, 1.165) is 18.2 Å². The van der Waals surface area contributed by atoms with Crippen molar-refractivity contribution in [1.29, 1.82) is 0 Å². The average Bonchev–Trinajstić information content (AvgIpc) is 2.23. The first-order valence-corrected chi connectivity index (χ1v) is 4.96. The van der Waals surface area contributed by atoms with Crippen LogP contribution in [0.4, 0.5) is 8.78 Å². The molecule has 1 N–H and O–H groups in total. The molecule has 1 rings (SSSR count). The highest BCUT2D eigenvalue weighted by molar-refractivity contribution is 5.77. The topological polar surface area (TPSA) is 47.6 Å². The number of nitrogens with one attached hydrogen (secondary N) is 1. The van der Waals surface area contributed by atoms with Gasteiger partial charge in [0.2, 0.25) is 5.91 Å². The van der Waals surface area contributed by atoms with Gasteiger partial charge < -0.3 is 14.8 Å². The molecule has 94 valence electrons. The Hall–Kier alpha value is -1.69. The molecule has 0 radical (unpaired) electrons. The number of halogens is 2. The minimum atomic E-state index is -0.705. The number of carbonyl (C=O) groups is 1. The summed E-state index contributed by atoms with van der Waals surface area (Å²) in [6.45, 7) is 0.327. The van der Waals surface area contributed by atoms with Gasteiger partial charge in [0.25, 0.3) is 0 Å². The maximum atomic E-state index is 12.8. The normalized spacial score (nSPS) is 10.1. The Morgan fingerprint density at radius 2 is 1.94 bits per heavy atom. The Bertz CT molecular complexity index is 365. The van der Waals surface area contributed by atoms with Crippen LogP contribution in [0.5, 0.6) is 5.75 Å². The van der Waals surface area contributed by atoms with Gasteiger partial charge in [0.05, 0.1) is 6.54 Å². The molecule has 0 aliphatic carbocycles. The third kappa shape index (κ3) is 5.26. The molecule has 4 nitrogen and oxygen atoms in total. The van der Waals surface area contributed by atoms with Crippen LogP contribution >= 0.6 is 0 Å². The number of hydrogen-bond acceptors (Lipinski definition) is 3. The third-order valence-electron chi connectivity index (χ3n) is 1.80. The molecule has 0 aliphatic heterocycles. The molecule has 1 amide bonds. The Kier molecular flexibility index (Phi) is 5.35. The van der Waals surface area contributed by atoms with Crippen molar-refractivity contribution in [3.05, 3.63) is 29.8 Å². The summed E-state index contributed by atoms with van der Waals surface area (Å²) in [6.07, 6.45) is 0. The minimum Gasteiger partial charge on any atom is -0.492 e. The van der Waals surface area contributed by atoms with E-state index in [1.165, 1.54) is 7.11 Å². The van der Waals surface area contributed by atoms with E-state index >= 15 is 0 Å². The van der Waals surface area contributed by atoms with Crippen molar-refractivity contribution >= 4 is 5.91 Å². The lowest BCUT2D eigenvalue weighted by atomic mass is 10.3. The van der Waals surface area contributed by atoms with Crippen molar-refractivity contribution in [3.8, 4) is 5.75 Å². The molecule has 0 fully saturated rings. The second kappa shape index (κ2) is 6.80. The van der Waals surface area contributed by atoms with Gasteiger partial charge in [-0.1, -0.05) is 0 Å². The van der Waals surface area contributed by atoms with Crippen LogP contribution in [0, 0.1) is 11.6 Å². The molecule has 17 heavy (non-hydrogen) atoms. The maximum absolute atomic E-state index is 12.8. The van der Waals surface area contributed by atoms with Crippen LogP contribution in [0.3, 0.4) is 0 Å². The van der Waals surface area contributed by atoms with E-state index in [9.17, 15) is 13.6 Å². The predicted molar refractivity (Wildman–Crippen MR) is 56.7 cm³/mol. The first kappa shape index (κ1) is 13.4. The molecule has 0 saturated carbocycles. The number of benzene rings is 1. The van der Waals surface area contributed by atoms with E-state index in [0.29, 0.717) is 0 Å². The fraction of sp³-hybridized carbons (Fsp3) is 0.364. The van der Waals surface area contributed by atoms with Gasteiger partial charge in [-0.3, -0.25) is 4.79 Å². The highest BCUT2D eigenvalue weighted by Crippen LogP contribution is 2.14. The van der Waals surface area contributed by atoms with Crippen LogP contribution in [-0.2, 0) is 9.53 Å². The quantitative estimate of drug-likeness (QED) is 0.764. The zero-order chi connectivity index (χ0) is 12.7. The van der Waals surface area contributed by atoms with Crippen LogP contribution in [0.2, 0.25) is 0 Å². The molecule has 6 heteroatoms. The smallest absolute Gasteiger partial charge is 0.246 e. The van der Waals surface area contributed by atoms with E-state index < -0.39 is 11.6 Å². The monoisotopic (exact) mass is 245 g/mol. The highest BCUT2D eigenvalue weighted by Gasteiger charge is 2.02. The second-order valence-electron chi connectivity index (χ2n) is 3.24. The third-order valence-corrected chi connectivity index (χ3v) is 1.80. The molecule has 0 atom stereocenters. The molecule has 0 aliphatic rings. The van der Waals surface area contributed by atoms with Gasteiger partial charge in [0.15, 0.2) is 0 Å². The van der Waals surface area contributed by atoms with Gasteiger partial charge in [0, 0.05) is 25.3 Å². The first-order chi connectivity index (χ1) is 8.11. The summed E-state index contributed by atoms with van der Waals surface area (Å²) < 4.78 is 35.2. The van der Waals surface area contributed by atoms with Crippen LogP contribution in [0.15, 0.2) is 18.2 Å². The molecule has 0 aromatic heterocycles. The molecular formula is C11H13F2NO3. The lowest BCUT2D eigenvalue weighted by Crippen LogP contribution is -2.30. The van der Waals surface area contributed by atoms with Crippen molar-refractivity contribution in [2.24, 2.45) is 0 Å². The Labute approximate surface area is 97.5 Å². The van der Waals surface area contributed by atoms with Crippen molar-refractivity contribution in [2.45, 2.75) is 0 Å². The SMILES string of the molecule is COCC(=O)NCCOc1cc(F)cc(F)c1. The lowest BCUT2D eigenvalue weighted by Gasteiger charge is -2.07. The Morgan fingerprint density at radius 1 is 1.29 bits per heavy atom. The van der Waals surface area contributed by atoms with E-state index in [2.05, 4.69) is 10.1 Å². The van der Waals surface area contributed by atoms with Crippen LogP contribution in [0.1, 0.15) is 0 Å². The maximum Gasteiger partial charge on any atom is 0.246 e. The second-order valence-corrected chi connectivity index (χ2v) is 3.24. The van der Waals surface area contributed by atoms with Crippen LogP contribution in [-0.4, -0.2) is 32.8 Å². The summed E-state index contributed by atoms with van der Waals surface area (Å²) in [5, 5.41) is 2.51. The summed E-state index contributed by atoms with van der Waals surface area (Å²) >= 11 is 0. The fourth-order valence-corrected chi connectivity index (χ4v) is 1.15. The fourth-order valence-electron chi connectivity index (χ4n) is 1.15. The van der Waals surface area contributed by atoms with Crippen LogP contribution < -0.4 is 10.1 Å². The summed E-state index contributed by atoms with van der Waals surface area (Å²) in [6, 6.07) is 2.90. The minimum absolute atomic E-state index is 0.0331. The van der Waals surface area contributed by atoms with E-state index in [4.69, 9.17) is 4.74 Å². The molecule has 1 aromatic carbocycles. The lowest BCUT2D eigenvalue weighted by molar-refractivity contribution is -0.124.